The number of carbonyl (C=O) groups excluding carboxylic acids is 2. The zero-order valence-corrected chi connectivity index (χ0v) is 18.1. The monoisotopic (exact) mass is 415 g/mol. The number of amides is 2. The lowest BCUT2D eigenvalue weighted by Gasteiger charge is -2.18. The summed E-state index contributed by atoms with van der Waals surface area (Å²) >= 11 is 0. The van der Waals surface area contributed by atoms with Gasteiger partial charge in [-0.2, -0.15) is 0 Å². The van der Waals surface area contributed by atoms with Crippen molar-refractivity contribution in [3.05, 3.63) is 42.0 Å². The van der Waals surface area contributed by atoms with Gasteiger partial charge in [0.15, 0.2) is 11.5 Å². The number of benzene rings is 2. The van der Waals surface area contributed by atoms with Gasteiger partial charge in [-0.05, 0) is 49.4 Å². The van der Waals surface area contributed by atoms with Gasteiger partial charge >= 0.3 is 0 Å². The van der Waals surface area contributed by atoms with Gasteiger partial charge in [-0.25, -0.2) is 0 Å². The molecule has 0 radical (unpaired) electrons. The predicted molar refractivity (Wildman–Crippen MR) is 117 cm³/mol. The number of carbonyl (C=O) groups is 2. The van der Waals surface area contributed by atoms with Crippen LogP contribution < -0.4 is 24.8 Å². The molecular formula is C22H29N3O5. The van der Waals surface area contributed by atoms with Gasteiger partial charge in [0.05, 0.1) is 33.6 Å². The molecule has 0 aromatic heterocycles. The van der Waals surface area contributed by atoms with Gasteiger partial charge in [0.25, 0.3) is 0 Å². The summed E-state index contributed by atoms with van der Waals surface area (Å²) in [5, 5.41) is 5.54. The number of likely N-dealkylation sites (N-methyl/N-ethyl adjacent to an activating group) is 1. The SMILES string of the molecule is COc1ccc(NC(C)=O)cc1NC(=O)CN(C)CCc1ccc(OC)c(OC)c1. The van der Waals surface area contributed by atoms with E-state index in [4.69, 9.17) is 14.2 Å². The highest BCUT2D eigenvalue weighted by atomic mass is 16.5. The third kappa shape index (κ3) is 6.66. The molecule has 2 amide bonds. The van der Waals surface area contributed by atoms with Crippen LogP contribution in [-0.4, -0.2) is 58.2 Å². The van der Waals surface area contributed by atoms with E-state index in [1.807, 2.05) is 30.1 Å². The Morgan fingerprint density at radius 2 is 1.57 bits per heavy atom. The average molecular weight is 415 g/mol. The summed E-state index contributed by atoms with van der Waals surface area (Å²) in [6.07, 6.45) is 0.755. The van der Waals surface area contributed by atoms with E-state index in [1.165, 1.54) is 14.0 Å². The molecule has 162 valence electrons. The Kier molecular flexibility index (Phi) is 8.49. The van der Waals surface area contributed by atoms with Gasteiger partial charge < -0.3 is 24.8 Å². The molecule has 0 saturated heterocycles. The lowest BCUT2D eigenvalue weighted by atomic mass is 10.1. The minimum atomic E-state index is -0.188. The van der Waals surface area contributed by atoms with Crippen molar-refractivity contribution < 1.29 is 23.8 Å². The van der Waals surface area contributed by atoms with Gasteiger partial charge in [0.2, 0.25) is 11.8 Å². The van der Waals surface area contributed by atoms with Gasteiger partial charge in [0, 0.05) is 19.2 Å². The first kappa shape index (κ1) is 23.0. The fraction of sp³-hybridized carbons (Fsp3) is 0.364. The van der Waals surface area contributed by atoms with Gasteiger partial charge in [-0.3, -0.25) is 14.5 Å². The minimum Gasteiger partial charge on any atom is -0.495 e. The second-order valence-corrected chi connectivity index (χ2v) is 6.82. The van der Waals surface area contributed by atoms with E-state index in [0.29, 0.717) is 35.2 Å². The molecule has 2 aromatic carbocycles. The Hall–Kier alpha value is -3.26. The first-order chi connectivity index (χ1) is 14.4. The van der Waals surface area contributed by atoms with Crippen LogP contribution in [0, 0.1) is 0 Å². The Labute approximate surface area is 177 Å². The summed E-state index contributed by atoms with van der Waals surface area (Å²) < 4.78 is 15.9. The second kappa shape index (κ2) is 11.1. The maximum absolute atomic E-state index is 12.5. The summed E-state index contributed by atoms with van der Waals surface area (Å²) in [5.74, 6) is 1.52. The number of hydrogen-bond acceptors (Lipinski definition) is 6. The van der Waals surface area contributed by atoms with E-state index < -0.39 is 0 Å². The molecule has 2 rings (SSSR count). The van der Waals surface area contributed by atoms with Crippen molar-refractivity contribution in [2.45, 2.75) is 13.3 Å². The zero-order valence-electron chi connectivity index (χ0n) is 18.1. The van der Waals surface area contributed by atoms with Crippen molar-refractivity contribution >= 4 is 23.2 Å². The van der Waals surface area contributed by atoms with E-state index in [0.717, 1.165) is 12.0 Å². The highest BCUT2D eigenvalue weighted by Gasteiger charge is 2.12. The number of nitrogens with zero attached hydrogens (tertiary/aromatic N) is 1. The molecule has 2 aromatic rings. The van der Waals surface area contributed by atoms with Crippen molar-refractivity contribution in [2.75, 3.05) is 52.1 Å². The molecule has 8 nitrogen and oxygen atoms in total. The number of rotatable bonds is 10. The molecule has 0 bridgehead atoms. The molecule has 0 aliphatic rings. The number of hydrogen-bond donors (Lipinski definition) is 2. The highest BCUT2D eigenvalue weighted by molar-refractivity contribution is 5.95. The molecule has 30 heavy (non-hydrogen) atoms. The molecule has 0 aliphatic carbocycles. The zero-order chi connectivity index (χ0) is 22.1. The van der Waals surface area contributed by atoms with Crippen molar-refractivity contribution in [3.63, 3.8) is 0 Å². The fourth-order valence-corrected chi connectivity index (χ4v) is 2.96. The van der Waals surface area contributed by atoms with E-state index >= 15 is 0 Å². The third-order valence-corrected chi connectivity index (χ3v) is 4.44. The number of nitrogens with one attached hydrogen (secondary N) is 2. The van der Waals surface area contributed by atoms with Crippen molar-refractivity contribution in [1.82, 2.24) is 4.90 Å². The first-order valence-electron chi connectivity index (χ1n) is 9.51. The number of methoxy groups -OCH3 is 3. The summed E-state index contributed by atoms with van der Waals surface area (Å²) in [7, 11) is 6.61. The van der Waals surface area contributed by atoms with Crippen molar-refractivity contribution in [3.8, 4) is 17.2 Å². The molecule has 0 heterocycles. The maximum atomic E-state index is 12.5. The fourth-order valence-electron chi connectivity index (χ4n) is 2.96. The van der Waals surface area contributed by atoms with Gasteiger partial charge in [0.1, 0.15) is 5.75 Å². The molecule has 0 fully saturated rings. The molecule has 0 saturated carbocycles. The molecule has 0 aliphatic heterocycles. The topological polar surface area (TPSA) is 89.1 Å². The number of ether oxygens (including phenoxy) is 3. The lowest BCUT2D eigenvalue weighted by molar-refractivity contribution is -0.117. The van der Waals surface area contributed by atoms with Crippen LogP contribution in [0.5, 0.6) is 17.2 Å². The van der Waals surface area contributed by atoms with Crippen LogP contribution in [0.2, 0.25) is 0 Å². The Morgan fingerprint density at radius 3 is 2.20 bits per heavy atom. The second-order valence-electron chi connectivity index (χ2n) is 6.82. The maximum Gasteiger partial charge on any atom is 0.238 e. The van der Waals surface area contributed by atoms with Crippen LogP contribution in [0.15, 0.2) is 36.4 Å². The summed E-state index contributed by atoms with van der Waals surface area (Å²) in [6.45, 7) is 2.32. The van der Waals surface area contributed by atoms with E-state index in [-0.39, 0.29) is 18.4 Å². The lowest BCUT2D eigenvalue weighted by Crippen LogP contribution is -2.31. The minimum absolute atomic E-state index is 0.178. The molecule has 2 N–H and O–H groups in total. The molecule has 0 spiro atoms. The average Bonchev–Trinajstić information content (AvgIpc) is 2.71. The van der Waals surface area contributed by atoms with Crippen LogP contribution in [0.25, 0.3) is 0 Å². The Morgan fingerprint density at radius 1 is 0.900 bits per heavy atom. The van der Waals surface area contributed by atoms with Crippen LogP contribution >= 0.6 is 0 Å². The van der Waals surface area contributed by atoms with Crippen molar-refractivity contribution in [2.24, 2.45) is 0 Å². The Bertz CT molecular complexity index is 885. The molecular weight excluding hydrogens is 386 g/mol. The van der Waals surface area contributed by atoms with E-state index in [2.05, 4.69) is 10.6 Å². The van der Waals surface area contributed by atoms with Crippen LogP contribution in [-0.2, 0) is 16.0 Å². The van der Waals surface area contributed by atoms with Crippen LogP contribution in [0.3, 0.4) is 0 Å². The van der Waals surface area contributed by atoms with Crippen molar-refractivity contribution in [1.29, 1.82) is 0 Å². The Balaban J connectivity index is 1.94. The quantitative estimate of drug-likeness (QED) is 0.620. The van der Waals surface area contributed by atoms with E-state index in [9.17, 15) is 9.59 Å². The van der Waals surface area contributed by atoms with Gasteiger partial charge in [-0.1, -0.05) is 6.07 Å². The first-order valence-corrected chi connectivity index (χ1v) is 9.51. The number of anilines is 2. The predicted octanol–water partition coefficient (Wildman–Crippen LogP) is 2.78. The molecule has 0 atom stereocenters. The van der Waals surface area contributed by atoms with E-state index in [1.54, 1.807) is 32.4 Å². The summed E-state index contributed by atoms with van der Waals surface area (Å²) in [6, 6.07) is 10.9. The standard InChI is InChI=1S/C22H29N3O5/c1-15(26)23-17-7-9-19(28-3)18(13-17)24-22(27)14-25(2)11-10-16-6-8-20(29-4)21(12-16)30-5/h6-9,12-13H,10-11,14H2,1-5H3,(H,23,26)(H,24,27). The summed E-state index contributed by atoms with van der Waals surface area (Å²) in [4.78, 5) is 25.7. The van der Waals surface area contributed by atoms with Crippen LogP contribution in [0.4, 0.5) is 11.4 Å². The molecule has 8 heteroatoms. The highest BCUT2D eigenvalue weighted by Crippen LogP contribution is 2.28. The smallest absolute Gasteiger partial charge is 0.238 e. The van der Waals surface area contributed by atoms with Gasteiger partial charge in [-0.15, -0.1) is 0 Å². The summed E-state index contributed by atoms with van der Waals surface area (Å²) in [5.41, 5.74) is 2.17. The third-order valence-electron chi connectivity index (χ3n) is 4.44. The normalized spacial score (nSPS) is 10.5. The molecule has 0 unspecified atom stereocenters. The largest absolute Gasteiger partial charge is 0.495 e. The van der Waals surface area contributed by atoms with Crippen LogP contribution in [0.1, 0.15) is 12.5 Å².